The summed E-state index contributed by atoms with van der Waals surface area (Å²) < 4.78 is 0. The highest BCUT2D eigenvalue weighted by molar-refractivity contribution is 5.96. The van der Waals surface area contributed by atoms with E-state index in [0.717, 1.165) is 5.56 Å². The van der Waals surface area contributed by atoms with Crippen molar-refractivity contribution >= 4 is 17.6 Å². The predicted molar refractivity (Wildman–Crippen MR) is 81.6 cm³/mol. The molecule has 4 heteroatoms. The van der Waals surface area contributed by atoms with Crippen molar-refractivity contribution in [2.24, 2.45) is 0 Å². The lowest BCUT2D eigenvalue weighted by Gasteiger charge is -2.13. The minimum absolute atomic E-state index is 0.122. The zero-order valence-corrected chi connectivity index (χ0v) is 12.0. The van der Waals surface area contributed by atoms with Crippen molar-refractivity contribution in [3.8, 4) is 0 Å². The zero-order chi connectivity index (χ0) is 15.4. The molecule has 2 aromatic carbocycles. The number of carboxylic acids is 1. The Balaban J connectivity index is 2.13. The van der Waals surface area contributed by atoms with Crippen LogP contribution in [0.3, 0.4) is 0 Å². The van der Waals surface area contributed by atoms with Crippen LogP contribution < -0.4 is 5.32 Å². The lowest BCUT2D eigenvalue weighted by atomic mass is 10.0. The number of benzene rings is 2. The molecule has 2 rings (SSSR count). The smallest absolute Gasteiger partial charge is 0.335 e. The Bertz CT molecular complexity index is 665. The standard InChI is InChI=1S/C17H17NO3/c1-11-10-14(8-9-15(11)17(20)21)18-16(19)12(2)13-6-4-3-5-7-13/h3-10,12H,1-2H3,(H,18,19)(H,20,21). The number of anilines is 1. The van der Waals surface area contributed by atoms with Crippen molar-refractivity contribution in [1.82, 2.24) is 0 Å². The number of hydrogen-bond acceptors (Lipinski definition) is 2. The number of aryl methyl sites for hydroxylation is 1. The first kappa shape index (κ1) is 14.8. The van der Waals surface area contributed by atoms with Gasteiger partial charge in [0.1, 0.15) is 0 Å². The Kier molecular flexibility index (Phi) is 4.38. The van der Waals surface area contributed by atoms with Crippen LogP contribution in [0.5, 0.6) is 0 Å². The molecule has 0 heterocycles. The van der Waals surface area contributed by atoms with Crippen LogP contribution in [0.15, 0.2) is 48.5 Å². The SMILES string of the molecule is Cc1cc(NC(=O)C(C)c2ccccc2)ccc1C(=O)O. The number of carbonyl (C=O) groups is 2. The molecule has 0 aliphatic rings. The quantitative estimate of drug-likeness (QED) is 0.903. The minimum Gasteiger partial charge on any atom is -0.478 e. The number of hydrogen-bond donors (Lipinski definition) is 2. The largest absolute Gasteiger partial charge is 0.478 e. The Labute approximate surface area is 123 Å². The van der Waals surface area contributed by atoms with E-state index in [9.17, 15) is 9.59 Å². The van der Waals surface area contributed by atoms with E-state index in [0.29, 0.717) is 11.3 Å². The fraction of sp³-hybridized carbons (Fsp3) is 0.176. The van der Waals surface area contributed by atoms with Crippen LogP contribution in [0.2, 0.25) is 0 Å². The van der Waals surface area contributed by atoms with Crippen molar-refractivity contribution in [2.45, 2.75) is 19.8 Å². The van der Waals surface area contributed by atoms with Gasteiger partial charge in [0.05, 0.1) is 11.5 Å². The van der Waals surface area contributed by atoms with Gasteiger partial charge in [-0.3, -0.25) is 4.79 Å². The zero-order valence-electron chi connectivity index (χ0n) is 12.0. The van der Waals surface area contributed by atoms with E-state index >= 15 is 0 Å². The Morgan fingerprint density at radius 2 is 1.76 bits per heavy atom. The average molecular weight is 283 g/mol. The maximum atomic E-state index is 12.2. The lowest BCUT2D eigenvalue weighted by Crippen LogP contribution is -2.19. The van der Waals surface area contributed by atoms with Crippen molar-refractivity contribution in [3.63, 3.8) is 0 Å². The molecule has 0 radical (unpaired) electrons. The molecule has 4 nitrogen and oxygen atoms in total. The van der Waals surface area contributed by atoms with Gasteiger partial charge in [0.25, 0.3) is 0 Å². The molecule has 0 aliphatic heterocycles. The van der Waals surface area contributed by atoms with Crippen LogP contribution in [-0.4, -0.2) is 17.0 Å². The van der Waals surface area contributed by atoms with Crippen LogP contribution in [-0.2, 0) is 4.79 Å². The van der Waals surface area contributed by atoms with E-state index in [4.69, 9.17) is 5.11 Å². The van der Waals surface area contributed by atoms with Crippen LogP contribution in [0, 0.1) is 6.92 Å². The third-order valence-electron chi connectivity index (χ3n) is 3.42. The molecule has 0 saturated heterocycles. The fourth-order valence-electron chi connectivity index (χ4n) is 2.12. The number of nitrogens with one attached hydrogen (secondary N) is 1. The molecule has 0 spiro atoms. The van der Waals surface area contributed by atoms with Gasteiger partial charge in [0.15, 0.2) is 0 Å². The summed E-state index contributed by atoms with van der Waals surface area (Å²) in [5.41, 5.74) is 2.40. The first-order valence-corrected chi connectivity index (χ1v) is 6.69. The molecule has 1 atom stereocenters. The number of amides is 1. The molecule has 0 aromatic heterocycles. The average Bonchev–Trinajstić information content (AvgIpc) is 2.47. The normalized spacial score (nSPS) is 11.7. The highest BCUT2D eigenvalue weighted by Crippen LogP contribution is 2.19. The van der Waals surface area contributed by atoms with E-state index in [-0.39, 0.29) is 17.4 Å². The summed E-state index contributed by atoms with van der Waals surface area (Å²) >= 11 is 0. The van der Waals surface area contributed by atoms with Crippen LogP contribution in [0.25, 0.3) is 0 Å². The van der Waals surface area contributed by atoms with Crippen molar-refractivity contribution in [1.29, 1.82) is 0 Å². The summed E-state index contributed by atoms with van der Waals surface area (Å²) in [5, 5.41) is 11.8. The summed E-state index contributed by atoms with van der Waals surface area (Å²) in [7, 11) is 0. The van der Waals surface area contributed by atoms with Gasteiger partial charge in [0, 0.05) is 5.69 Å². The maximum absolute atomic E-state index is 12.2. The molecule has 1 amide bonds. The predicted octanol–water partition coefficient (Wildman–Crippen LogP) is 3.44. The van der Waals surface area contributed by atoms with Crippen LogP contribution in [0.4, 0.5) is 5.69 Å². The molecular weight excluding hydrogens is 266 g/mol. The van der Waals surface area contributed by atoms with Gasteiger partial charge in [-0.25, -0.2) is 4.79 Å². The van der Waals surface area contributed by atoms with Crippen LogP contribution >= 0.6 is 0 Å². The molecule has 0 aliphatic carbocycles. The number of aromatic carboxylic acids is 1. The van der Waals surface area contributed by atoms with Gasteiger partial charge in [0.2, 0.25) is 5.91 Å². The molecule has 0 fully saturated rings. The second-order valence-electron chi connectivity index (χ2n) is 4.96. The van der Waals surface area contributed by atoms with Gasteiger partial charge in [-0.15, -0.1) is 0 Å². The Morgan fingerprint density at radius 1 is 1.10 bits per heavy atom. The minimum atomic E-state index is -0.969. The first-order valence-electron chi connectivity index (χ1n) is 6.69. The molecule has 0 saturated carbocycles. The third kappa shape index (κ3) is 3.48. The van der Waals surface area contributed by atoms with Crippen molar-refractivity contribution in [3.05, 3.63) is 65.2 Å². The second-order valence-corrected chi connectivity index (χ2v) is 4.96. The van der Waals surface area contributed by atoms with E-state index < -0.39 is 5.97 Å². The summed E-state index contributed by atoms with van der Waals surface area (Å²) in [6, 6.07) is 14.3. The second kappa shape index (κ2) is 6.22. The number of carbonyl (C=O) groups excluding carboxylic acids is 1. The Hall–Kier alpha value is -2.62. The molecule has 2 N–H and O–H groups in total. The topological polar surface area (TPSA) is 66.4 Å². The van der Waals surface area contributed by atoms with Gasteiger partial charge in [-0.05, 0) is 43.2 Å². The van der Waals surface area contributed by atoms with E-state index in [1.54, 1.807) is 19.1 Å². The van der Waals surface area contributed by atoms with Gasteiger partial charge < -0.3 is 10.4 Å². The molecule has 1 unspecified atom stereocenters. The molecule has 21 heavy (non-hydrogen) atoms. The summed E-state index contributed by atoms with van der Waals surface area (Å²) in [5.74, 6) is -1.36. The lowest BCUT2D eigenvalue weighted by molar-refractivity contribution is -0.117. The third-order valence-corrected chi connectivity index (χ3v) is 3.42. The highest BCUT2D eigenvalue weighted by atomic mass is 16.4. The fourth-order valence-corrected chi connectivity index (χ4v) is 2.12. The Morgan fingerprint density at radius 3 is 2.33 bits per heavy atom. The van der Waals surface area contributed by atoms with Gasteiger partial charge >= 0.3 is 5.97 Å². The monoisotopic (exact) mass is 283 g/mol. The van der Waals surface area contributed by atoms with Gasteiger partial charge in [-0.1, -0.05) is 30.3 Å². The summed E-state index contributed by atoms with van der Waals surface area (Å²) in [4.78, 5) is 23.2. The van der Waals surface area contributed by atoms with E-state index in [1.165, 1.54) is 6.07 Å². The van der Waals surface area contributed by atoms with Crippen molar-refractivity contribution < 1.29 is 14.7 Å². The first-order chi connectivity index (χ1) is 9.99. The maximum Gasteiger partial charge on any atom is 0.335 e. The molecule has 0 bridgehead atoms. The van der Waals surface area contributed by atoms with Crippen molar-refractivity contribution in [2.75, 3.05) is 5.32 Å². The van der Waals surface area contributed by atoms with E-state index in [1.807, 2.05) is 37.3 Å². The van der Waals surface area contributed by atoms with Crippen LogP contribution in [0.1, 0.15) is 34.3 Å². The highest BCUT2D eigenvalue weighted by Gasteiger charge is 2.15. The molecule has 108 valence electrons. The summed E-state index contributed by atoms with van der Waals surface area (Å²) in [6.07, 6.45) is 0. The number of rotatable bonds is 4. The number of carboxylic acid groups (broad SMARTS) is 1. The van der Waals surface area contributed by atoms with Gasteiger partial charge in [-0.2, -0.15) is 0 Å². The molecular formula is C17H17NO3. The summed E-state index contributed by atoms with van der Waals surface area (Å²) in [6.45, 7) is 3.54. The molecule has 2 aromatic rings. The van der Waals surface area contributed by atoms with E-state index in [2.05, 4.69) is 5.32 Å².